The van der Waals surface area contributed by atoms with Crippen LogP contribution in [0.15, 0.2) is 24.3 Å². The predicted octanol–water partition coefficient (Wildman–Crippen LogP) is 1.11. The molecule has 7 heteroatoms. The molecule has 1 aromatic carbocycles. The molecule has 0 spiro atoms. The van der Waals surface area contributed by atoms with Gasteiger partial charge >= 0.3 is 6.03 Å². The fourth-order valence-electron chi connectivity index (χ4n) is 3.76. The normalized spacial score (nSPS) is 20.4. The van der Waals surface area contributed by atoms with Gasteiger partial charge in [-0.25, -0.2) is 4.79 Å². The van der Waals surface area contributed by atoms with Gasteiger partial charge in [-0.3, -0.25) is 4.90 Å². The Morgan fingerprint density at radius 1 is 1.00 bits per heavy atom. The van der Waals surface area contributed by atoms with Crippen molar-refractivity contribution in [1.29, 1.82) is 0 Å². The van der Waals surface area contributed by atoms with E-state index in [2.05, 4.69) is 21.9 Å². The van der Waals surface area contributed by atoms with Crippen LogP contribution in [0, 0.1) is 0 Å². The Morgan fingerprint density at radius 3 is 2.30 bits per heavy atom. The van der Waals surface area contributed by atoms with Crippen molar-refractivity contribution in [2.75, 3.05) is 52.4 Å². The highest BCUT2D eigenvalue weighted by molar-refractivity contribution is 5.72. The molecule has 2 fully saturated rings. The van der Waals surface area contributed by atoms with Crippen LogP contribution in [-0.2, 0) is 6.54 Å². The van der Waals surface area contributed by atoms with Gasteiger partial charge in [0.15, 0.2) is 0 Å². The Balaban J connectivity index is 1.37. The molecule has 0 saturated carbocycles. The van der Waals surface area contributed by atoms with Gasteiger partial charge in [0.2, 0.25) is 0 Å². The first-order valence-electron chi connectivity index (χ1n) is 9.99. The van der Waals surface area contributed by atoms with E-state index >= 15 is 0 Å². The van der Waals surface area contributed by atoms with E-state index < -0.39 is 6.10 Å². The van der Waals surface area contributed by atoms with Gasteiger partial charge in [0.1, 0.15) is 18.5 Å². The summed E-state index contributed by atoms with van der Waals surface area (Å²) < 4.78 is 5.75. The van der Waals surface area contributed by atoms with Crippen LogP contribution in [0.4, 0.5) is 4.79 Å². The van der Waals surface area contributed by atoms with E-state index in [-0.39, 0.29) is 6.03 Å². The molecule has 7 nitrogen and oxygen atoms in total. The highest BCUT2D eigenvalue weighted by Crippen LogP contribution is 2.15. The maximum absolute atomic E-state index is 11.2. The first-order chi connectivity index (χ1) is 13.1. The molecule has 1 atom stereocenters. The van der Waals surface area contributed by atoms with Crippen molar-refractivity contribution in [2.24, 2.45) is 5.73 Å². The van der Waals surface area contributed by atoms with E-state index in [1.54, 1.807) is 4.90 Å². The smallest absolute Gasteiger partial charge is 0.314 e. The number of hydrogen-bond acceptors (Lipinski definition) is 5. The number of primary amides is 1. The molecular formula is C20H32N4O3. The number of aliphatic hydroxyl groups is 1. The molecule has 2 saturated heterocycles. The number of amides is 2. The molecule has 2 amide bonds. The SMILES string of the molecule is NC(=O)N1CCN(Cc2ccc(OC[C@H](O)CN3CCCCC3)cc2)CC1. The fourth-order valence-corrected chi connectivity index (χ4v) is 3.76. The topological polar surface area (TPSA) is 82.3 Å². The highest BCUT2D eigenvalue weighted by atomic mass is 16.5. The van der Waals surface area contributed by atoms with E-state index in [0.29, 0.717) is 26.2 Å². The molecule has 0 bridgehead atoms. The fraction of sp³-hybridized carbons (Fsp3) is 0.650. The molecule has 150 valence electrons. The number of urea groups is 1. The average molecular weight is 377 g/mol. The Kier molecular flexibility index (Phi) is 7.32. The lowest BCUT2D eigenvalue weighted by Gasteiger charge is -2.33. The third kappa shape index (κ3) is 6.37. The van der Waals surface area contributed by atoms with E-state index in [4.69, 9.17) is 10.5 Å². The first-order valence-corrected chi connectivity index (χ1v) is 9.99. The Morgan fingerprint density at radius 2 is 1.67 bits per heavy atom. The summed E-state index contributed by atoms with van der Waals surface area (Å²) >= 11 is 0. The number of carbonyl (C=O) groups is 1. The Hall–Kier alpha value is -1.83. The number of carbonyl (C=O) groups excluding carboxylic acids is 1. The van der Waals surface area contributed by atoms with Gasteiger partial charge < -0.3 is 25.4 Å². The lowest BCUT2D eigenvalue weighted by atomic mass is 10.1. The molecule has 2 heterocycles. The quantitative estimate of drug-likeness (QED) is 0.745. The minimum absolute atomic E-state index is 0.324. The van der Waals surface area contributed by atoms with Crippen molar-refractivity contribution in [3.8, 4) is 5.75 Å². The van der Waals surface area contributed by atoms with Crippen molar-refractivity contribution < 1.29 is 14.6 Å². The molecule has 3 N–H and O–H groups in total. The van der Waals surface area contributed by atoms with Crippen LogP contribution in [0.1, 0.15) is 24.8 Å². The van der Waals surface area contributed by atoms with E-state index in [9.17, 15) is 9.90 Å². The molecule has 27 heavy (non-hydrogen) atoms. The van der Waals surface area contributed by atoms with Gasteiger partial charge in [-0.15, -0.1) is 0 Å². The second kappa shape index (κ2) is 9.92. The maximum Gasteiger partial charge on any atom is 0.314 e. The number of piperidine rings is 1. The second-order valence-electron chi connectivity index (χ2n) is 7.57. The number of likely N-dealkylation sites (tertiary alicyclic amines) is 1. The molecule has 0 unspecified atom stereocenters. The summed E-state index contributed by atoms with van der Waals surface area (Å²) in [6.45, 7) is 7.08. The molecule has 2 aliphatic rings. The molecule has 3 rings (SSSR count). The molecule has 1 aromatic rings. The van der Waals surface area contributed by atoms with Crippen molar-refractivity contribution in [3.05, 3.63) is 29.8 Å². The van der Waals surface area contributed by atoms with E-state index in [1.807, 2.05) is 12.1 Å². The largest absolute Gasteiger partial charge is 0.491 e. The minimum Gasteiger partial charge on any atom is -0.491 e. The number of hydrogen-bond donors (Lipinski definition) is 2. The number of β-amino-alcohol motifs (C(OH)–C–C–N with tert-alkyl or cyclic N) is 1. The predicted molar refractivity (Wildman–Crippen MR) is 105 cm³/mol. The highest BCUT2D eigenvalue weighted by Gasteiger charge is 2.19. The van der Waals surface area contributed by atoms with Crippen LogP contribution in [0.25, 0.3) is 0 Å². The van der Waals surface area contributed by atoms with Crippen LogP contribution in [0.2, 0.25) is 0 Å². The zero-order chi connectivity index (χ0) is 19.1. The summed E-state index contributed by atoms with van der Waals surface area (Å²) in [4.78, 5) is 17.5. The lowest BCUT2D eigenvalue weighted by Crippen LogP contribution is -2.50. The summed E-state index contributed by atoms with van der Waals surface area (Å²) in [6, 6.07) is 7.71. The standard InChI is InChI=1S/C20H32N4O3/c21-20(26)24-12-10-23(11-13-24)14-17-4-6-19(7-5-17)27-16-18(25)15-22-8-2-1-3-9-22/h4-7,18,25H,1-3,8-16H2,(H2,21,26)/t18-/m1/s1. The van der Waals surface area contributed by atoms with Crippen LogP contribution in [0.5, 0.6) is 5.75 Å². The number of aliphatic hydroxyl groups excluding tert-OH is 1. The summed E-state index contributed by atoms with van der Waals surface area (Å²) in [6.07, 6.45) is 3.31. The summed E-state index contributed by atoms with van der Waals surface area (Å²) in [5.74, 6) is 0.787. The summed E-state index contributed by atoms with van der Waals surface area (Å²) in [5, 5.41) is 10.2. The van der Waals surface area contributed by atoms with Crippen molar-refractivity contribution in [2.45, 2.75) is 31.9 Å². The zero-order valence-corrected chi connectivity index (χ0v) is 16.1. The molecular weight excluding hydrogens is 344 g/mol. The number of nitrogens with two attached hydrogens (primary N) is 1. The van der Waals surface area contributed by atoms with Crippen molar-refractivity contribution >= 4 is 6.03 Å². The average Bonchev–Trinajstić information content (AvgIpc) is 2.69. The van der Waals surface area contributed by atoms with Gasteiger partial charge in [0, 0.05) is 39.3 Å². The number of ether oxygens (including phenoxy) is 1. The lowest BCUT2D eigenvalue weighted by molar-refractivity contribution is 0.0617. The Bertz CT molecular complexity index is 581. The van der Waals surface area contributed by atoms with Gasteiger partial charge in [0.05, 0.1) is 0 Å². The molecule has 0 radical (unpaired) electrons. The van der Waals surface area contributed by atoms with Gasteiger partial charge in [-0.2, -0.15) is 0 Å². The van der Waals surface area contributed by atoms with Gasteiger partial charge in [-0.1, -0.05) is 18.6 Å². The summed E-state index contributed by atoms with van der Waals surface area (Å²) in [7, 11) is 0. The van der Waals surface area contributed by atoms with Crippen LogP contribution >= 0.6 is 0 Å². The minimum atomic E-state index is -0.454. The molecule has 0 aromatic heterocycles. The Labute approximate surface area is 161 Å². The van der Waals surface area contributed by atoms with Gasteiger partial charge in [-0.05, 0) is 43.6 Å². The van der Waals surface area contributed by atoms with Gasteiger partial charge in [0.25, 0.3) is 0 Å². The first kappa shape index (κ1) is 19.9. The molecule has 0 aliphatic carbocycles. The molecule has 2 aliphatic heterocycles. The number of benzene rings is 1. The van der Waals surface area contributed by atoms with Crippen LogP contribution < -0.4 is 10.5 Å². The van der Waals surface area contributed by atoms with Crippen LogP contribution in [-0.4, -0.2) is 84.4 Å². The van der Waals surface area contributed by atoms with E-state index in [0.717, 1.165) is 38.5 Å². The van der Waals surface area contributed by atoms with Crippen molar-refractivity contribution in [1.82, 2.24) is 14.7 Å². The third-order valence-electron chi connectivity index (χ3n) is 5.37. The monoisotopic (exact) mass is 376 g/mol. The van der Waals surface area contributed by atoms with E-state index in [1.165, 1.54) is 24.8 Å². The maximum atomic E-state index is 11.2. The van der Waals surface area contributed by atoms with Crippen LogP contribution in [0.3, 0.4) is 0 Å². The van der Waals surface area contributed by atoms with Crippen molar-refractivity contribution in [3.63, 3.8) is 0 Å². The summed E-state index contributed by atoms with van der Waals surface area (Å²) in [5.41, 5.74) is 6.53. The second-order valence-corrected chi connectivity index (χ2v) is 7.57. The third-order valence-corrected chi connectivity index (χ3v) is 5.37. The number of nitrogens with zero attached hydrogens (tertiary/aromatic N) is 3. The zero-order valence-electron chi connectivity index (χ0n) is 16.1. The number of piperazine rings is 1. The number of rotatable bonds is 7.